The number of nitrogens with zero attached hydrogens (tertiary/aromatic N) is 8. The highest BCUT2D eigenvalue weighted by Crippen LogP contribution is 2.32. The van der Waals surface area contributed by atoms with Crippen molar-refractivity contribution in [2.75, 3.05) is 51.8 Å². The Morgan fingerprint density at radius 3 is 2.49 bits per heavy atom. The fourth-order valence-electron chi connectivity index (χ4n) is 6.81. The van der Waals surface area contributed by atoms with Gasteiger partial charge in [0.05, 0.1) is 17.2 Å². The number of hydrogen-bond donors (Lipinski definition) is 1. The third-order valence-electron chi connectivity index (χ3n) is 9.09. The Morgan fingerprint density at radius 2 is 1.69 bits per heavy atom. The van der Waals surface area contributed by atoms with Crippen LogP contribution >= 0.6 is 0 Å². The molecule has 10 heteroatoms. The third kappa shape index (κ3) is 4.90. The first kappa shape index (κ1) is 24.9. The molecule has 3 fully saturated rings. The fraction of sp³-hybridized carbons (Fsp3) is 0.586. The topological polar surface area (TPSA) is 88.6 Å². The number of anilines is 1. The third-order valence-corrected chi connectivity index (χ3v) is 9.09. The first-order valence-corrected chi connectivity index (χ1v) is 14.6. The van der Waals surface area contributed by atoms with E-state index in [1.54, 1.807) is 0 Å². The summed E-state index contributed by atoms with van der Waals surface area (Å²) in [4.78, 5) is 19.3. The molecule has 0 bridgehead atoms. The zero-order valence-corrected chi connectivity index (χ0v) is 23.1. The largest absolute Gasteiger partial charge is 0.381 e. The maximum atomic E-state index is 5.60. The molecule has 1 saturated carbocycles. The number of pyridine rings is 1. The quantitative estimate of drug-likeness (QED) is 0.418. The molecule has 0 radical (unpaired) electrons. The van der Waals surface area contributed by atoms with Crippen molar-refractivity contribution >= 4 is 22.6 Å². The molecule has 0 aromatic carbocycles. The molecule has 1 aliphatic carbocycles. The molecule has 3 aliphatic rings. The lowest BCUT2D eigenvalue weighted by molar-refractivity contribution is 0.0701. The van der Waals surface area contributed by atoms with Gasteiger partial charge in [0.15, 0.2) is 5.65 Å². The molecule has 7 rings (SSSR count). The van der Waals surface area contributed by atoms with Crippen molar-refractivity contribution in [3.8, 4) is 11.1 Å². The average Bonchev–Trinajstić information content (AvgIpc) is 3.54. The fourth-order valence-corrected chi connectivity index (χ4v) is 6.81. The number of piperazine rings is 1. The SMILES string of the molecule is Cc1nc2ncc(-c3ccn4nc(NC5CCC(N6CCN(C)CC6)CC5)ncc34)cc2n1C1CCOCC1. The number of rotatable bonds is 5. The summed E-state index contributed by atoms with van der Waals surface area (Å²) in [6.07, 6.45) is 12.7. The van der Waals surface area contributed by atoms with E-state index in [2.05, 4.69) is 45.8 Å². The van der Waals surface area contributed by atoms with Crippen LogP contribution in [-0.4, -0.2) is 97.5 Å². The molecule has 4 aromatic rings. The molecular formula is C29H39N9O. The summed E-state index contributed by atoms with van der Waals surface area (Å²) in [5.74, 6) is 1.72. The Kier molecular flexibility index (Phi) is 6.70. The number of nitrogens with one attached hydrogen (secondary N) is 1. The Bertz CT molecular complexity index is 1440. The Balaban J connectivity index is 1.07. The summed E-state index contributed by atoms with van der Waals surface area (Å²) >= 11 is 0. The van der Waals surface area contributed by atoms with E-state index < -0.39 is 0 Å². The van der Waals surface area contributed by atoms with Crippen LogP contribution in [-0.2, 0) is 4.74 Å². The van der Waals surface area contributed by atoms with E-state index in [1.807, 2.05) is 23.1 Å². The molecule has 4 aromatic heterocycles. The van der Waals surface area contributed by atoms with Crippen LogP contribution in [0.3, 0.4) is 0 Å². The van der Waals surface area contributed by atoms with Crippen molar-refractivity contribution in [2.45, 2.75) is 63.6 Å². The second-order valence-electron chi connectivity index (χ2n) is 11.6. The van der Waals surface area contributed by atoms with Gasteiger partial charge in [0.2, 0.25) is 5.95 Å². The van der Waals surface area contributed by atoms with Crippen molar-refractivity contribution in [3.05, 3.63) is 36.5 Å². The molecule has 1 N–H and O–H groups in total. The van der Waals surface area contributed by atoms with E-state index in [1.165, 1.54) is 51.9 Å². The van der Waals surface area contributed by atoms with E-state index in [0.29, 0.717) is 18.0 Å². The van der Waals surface area contributed by atoms with Crippen LogP contribution in [0, 0.1) is 6.92 Å². The minimum absolute atomic E-state index is 0.403. The van der Waals surface area contributed by atoms with Gasteiger partial charge in [-0.3, -0.25) is 4.90 Å². The van der Waals surface area contributed by atoms with Crippen LogP contribution in [0.5, 0.6) is 0 Å². The van der Waals surface area contributed by atoms with Crippen molar-refractivity contribution in [2.24, 2.45) is 0 Å². The summed E-state index contributed by atoms with van der Waals surface area (Å²) in [5.41, 5.74) is 5.01. The lowest BCUT2D eigenvalue weighted by Gasteiger charge is -2.41. The molecule has 6 heterocycles. The standard InChI is InChI=1S/C29H39N9O/c1-20-32-28-26(38(20)24-8-15-39-16-9-24)17-21(18-30-28)25-7-10-37-27(25)19-31-29(34-37)33-22-3-5-23(6-4-22)36-13-11-35(2)12-14-36/h7,10,17-19,22-24H,3-6,8-9,11-16H2,1-2H3,(H,33,34). The van der Waals surface area contributed by atoms with Gasteiger partial charge >= 0.3 is 0 Å². The molecule has 0 atom stereocenters. The Hall–Kier alpha value is -3.08. The zero-order chi connectivity index (χ0) is 26.3. The normalized spacial score (nSPS) is 24.1. The molecule has 0 amide bonds. The number of aryl methyl sites for hydroxylation is 1. The van der Waals surface area contributed by atoms with Crippen LogP contribution in [0.1, 0.15) is 50.4 Å². The second-order valence-corrected chi connectivity index (χ2v) is 11.6. The number of likely N-dealkylation sites (N-methyl/N-ethyl adjacent to an activating group) is 1. The first-order chi connectivity index (χ1) is 19.1. The van der Waals surface area contributed by atoms with Gasteiger partial charge in [-0.2, -0.15) is 0 Å². The summed E-state index contributed by atoms with van der Waals surface area (Å²) < 4.78 is 9.88. The highest BCUT2D eigenvalue weighted by molar-refractivity contribution is 5.85. The van der Waals surface area contributed by atoms with Gasteiger partial charge in [-0.1, -0.05) is 0 Å². The monoisotopic (exact) mass is 529 g/mol. The molecule has 2 saturated heterocycles. The lowest BCUT2D eigenvalue weighted by Crippen LogP contribution is -2.50. The van der Waals surface area contributed by atoms with Gasteiger partial charge in [0.1, 0.15) is 5.82 Å². The van der Waals surface area contributed by atoms with Crippen molar-refractivity contribution in [3.63, 3.8) is 0 Å². The van der Waals surface area contributed by atoms with Crippen LogP contribution in [0.2, 0.25) is 0 Å². The van der Waals surface area contributed by atoms with E-state index in [9.17, 15) is 0 Å². The summed E-state index contributed by atoms with van der Waals surface area (Å²) in [7, 11) is 2.23. The number of ether oxygens (including phenoxy) is 1. The van der Waals surface area contributed by atoms with E-state index in [-0.39, 0.29) is 0 Å². The predicted molar refractivity (Wildman–Crippen MR) is 152 cm³/mol. The summed E-state index contributed by atoms with van der Waals surface area (Å²) in [6.45, 7) is 8.46. The molecular weight excluding hydrogens is 490 g/mol. The highest BCUT2D eigenvalue weighted by Gasteiger charge is 2.28. The zero-order valence-electron chi connectivity index (χ0n) is 23.1. The van der Waals surface area contributed by atoms with E-state index >= 15 is 0 Å². The van der Waals surface area contributed by atoms with Gasteiger partial charge in [0.25, 0.3) is 0 Å². The number of imidazole rings is 1. The average molecular weight is 530 g/mol. The maximum Gasteiger partial charge on any atom is 0.241 e. The van der Waals surface area contributed by atoms with Crippen LogP contribution in [0.4, 0.5) is 5.95 Å². The minimum atomic E-state index is 0.403. The number of fused-ring (bicyclic) bond motifs is 2. The summed E-state index contributed by atoms with van der Waals surface area (Å²) in [5, 5.41) is 8.44. The van der Waals surface area contributed by atoms with E-state index in [0.717, 1.165) is 65.7 Å². The van der Waals surface area contributed by atoms with Crippen LogP contribution in [0.25, 0.3) is 27.8 Å². The minimum Gasteiger partial charge on any atom is -0.381 e. The second kappa shape index (κ2) is 10.5. The van der Waals surface area contributed by atoms with Crippen LogP contribution in [0.15, 0.2) is 30.7 Å². The van der Waals surface area contributed by atoms with Gasteiger partial charge in [-0.25, -0.2) is 19.5 Å². The maximum absolute atomic E-state index is 5.60. The van der Waals surface area contributed by atoms with Gasteiger partial charge < -0.3 is 19.5 Å². The smallest absolute Gasteiger partial charge is 0.241 e. The van der Waals surface area contributed by atoms with Crippen LogP contribution < -0.4 is 5.32 Å². The van der Waals surface area contributed by atoms with Gasteiger partial charge in [0, 0.05) is 81.0 Å². The number of hydrogen-bond acceptors (Lipinski definition) is 8. The molecule has 2 aliphatic heterocycles. The molecule has 39 heavy (non-hydrogen) atoms. The highest BCUT2D eigenvalue weighted by atomic mass is 16.5. The Labute approximate surface area is 229 Å². The van der Waals surface area contributed by atoms with Crippen molar-refractivity contribution in [1.82, 2.24) is 38.9 Å². The van der Waals surface area contributed by atoms with Crippen molar-refractivity contribution < 1.29 is 4.74 Å². The molecule has 206 valence electrons. The van der Waals surface area contributed by atoms with Gasteiger partial charge in [-0.15, -0.1) is 5.10 Å². The molecule has 0 spiro atoms. The first-order valence-electron chi connectivity index (χ1n) is 14.6. The number of aromatic nitrogens is 6. The molecule has 10 nitrogen and oxygen atoms in total. The lowest BCUT2D eigenvalue weighted by atomic mass is 9.90. The predicted octanol–water partition coefficient (Wildman–Crippen LogP) is 3.77. The Morgan fingerprint density at radius 1 is 0.897 bits per heavy atom. The van der Waals surface area contributed by atoms with E-state index in [4.69, 9.17) is 24.8 Å². The summed E-state index contributed by atoms with van der Waals surface area (Å²) in [6, 6.07) is 5.89. The molecule has 0 unspecified atom stereocenters. The van der Waals surface area contributed by atoms with Crippen molar-refractivity contribution in [1.29, 1.82) is 0 Å². The van der Waals surface area contributed by atoms with Gasteiger partial charge in [-0.05, 0) is 64.6 Å².